The second kappa shape index (κ2) is 9.09. The highest BCUT2D eigenvalue weighted by Gasteiger charge is 2.30. The summed E-state index contributed by atoms with van der Waals surface area (Å²) in [5.41, 5.74) is 0.830. The predicted octanol–water partition coefficient (Wildman–Crippen LogP) is 3.21. The Morgan fingerprint density at radius 1 is 1.07 bits per heavy atom. The molecule has 29 heavy (non-hydrogen) atoms. The fourth-order valence-electron chi connectivity index (χ4n) is 3.25. The Labute approximate surface area is 169 Å². The first-order valence-corrected chi connectivity index (χ1v) is 10.9. The van der Waals surface area contributed by atoms with Crippen LogP contribution in [0.4, 0.5) is 5.69 Å². The number of rotatable bonds is 7. The molecule has 1 amide bonds. The molecular weight excluding hydrogens is 394 g/mol. The third-order valence-electron chi connectivity index (χ3n) is 4.86. The number of carbonyl (C=O) groups excluding carboxylic acids is 2. The Kier molecular flexibility index (Phi) is 6.53. The largest absolute Gasteiger partial charge is 0.482 e. The van der Waals surface area contributed by atoms with E-state index in [2.05, 4.69) is 10.1 Å². The van der Waals surface area contributed by atoms with Crippen LogP contribution in [-0.2, 0) is 19.4 Å². The molecule has 0 atom stereocenters. The van der Waals surface area contributed by atoms with Gasteiger partial charge in [-0.3, -0.25) is 4.79 Å². The Balaban J connectivity index is 1.66. The average Bonchev–Trinajstić information content (AvgIpc) is 3.28. The second-order valence-corrected chi connectivity index (χ2v) is 9.05. The van der Waals surface area contributed by atoms with E-state index >= 15 is 0 Å². The van der Waals surface area contributed by atoms with Gasteiger partial charge in [0.25, 0.3) is 5.91 Å². The summed E-state index contributed by atoms with van der Waals surface area (Å²) >= 11 is 0. The molecule has 0 bridgehead atoms. The van der Waals surface area contributed by atoms with Gasteiger partial charge < -0.3 is 14.8 Å². The molecule has 1 N–H and O–H groups in total. The minimum atomic E-state index is -3.32. The first-order chi connectivity index (χ1) is 13.9. The van der Waals surface area contributed by atoms with E-state index in [0.717, 1.165) is 12.8 Å². The highest BCUT2D eigenvalue weighted by molar-refractivity contribution is 7.92. The number of esters is 1. The van der Waals surface area contributed by atoms with Gasteiger partial charge in [-0.15, -0.1) is 0 Å². The van der Waals surface area contributed by atoms with Crippen LogP contribution in [0, 0.1) is 0 Å². The van der Waals surface area contributed by atoms with Crippen LogP contribution >= 0.6 is 0 Å². The number of sulfone groups is 1. The summed E-state index contributed by atoms with van der Waals surface area (Å²) in [4.78, 5) is 23.9. The molecule has 0 aliphatic heterocycles. The van der Waals surface area contributed by atoms with Gasteiger partial charge in [0.15, 0.2) is 16.4 Å². The first-order valence-electron chi connectivity index (χ1n) is 9.35. The van der Waals surface area contributed by atoms with Crippen molar-refractivity contribution < 1.29 is 27.5 Å². The van der Waals surface area contributed by atoms with Crippen molar-refractivity contribution in [3.05, 3.63) is 54.1 Å². The highest BCUT2D eigenvalue weighted by atomic mass is 32.2. The minimum Gasteiger partial charge on any atom is -0.482 e. The summed E-state index contributed by atoms with van der Waals surface area (Å²) in [6.07, 6.45) is 3.30. The number of benzene rings is 2. The van der Waals surface area contributed by atoms with E-state index in [1.54, 1.807) is 30.3 Å². The molecule has 0 spiro atoms. The standard InChI is InChI=1S/C21H23NO6S/c1-27-20(23)14-28-17-6-4-5-15(13-17)21(24)22-16-9-11-19(12-10-16)29(25,26)18-7-2-3-8-18/h4-6,9-13,18H,2-3,7-8,14H2,1H3,(H,22,24). The van der Waals surface area contributed by atoms with Crippen LogP contribution in [0.5, 0.6) is 5.75 Å². The fourth-order valence-corrected chi connectivity index (χ4v) is 5.10. The zero-order chi connectivity index (χ0) is 20.9. The zero-order valence-corrected chi connectivity index (χ0v) is 16.9. The normalized spacial score (nSPS) is 14.4. The van der Waals surface area contributed by atoms with Crippen molar-refractivity contribution >= 4 is 27.4 Å². The molecule has 0 radical (unpaired) electrons. The summed E-state index contributed by atoms with van der Waals surface area (Å²) in [5.74, 6) is -0.534. The van der Waals surface area contributed by atoms with Gasteiger partial charge in [0.2, 0.25) is 0 Å². The number of methoxy groups -OCH3 is 1. The minimum absolute atomic E-state index is 0.251. The number of nitrogens with one attached hydrogen (secondary N) is 1. The molecular formula is C21H23NO6S. The number of ether oxygens (including phenoxy) is 2. The van der Waals surface area contributed by atoms with Crippen molar-refractivity contribution in [2.75, 3.05) is 19.0 Å². The molecule has 0 saturated heterocycles. The predicted molar refractivity (Wildman–Crippen MR) is 108 cm³/mol. The molecule has 0 unspecified atom stereocenters. The van der Waals surface area contributed by atoms with Crippen molar-refractivity contribution in [2.45, 2.75) is 35.8 Å². The quantitative estimate of drug-likeness (QED) is 0.695. The first kappa shape index (κ1) is 20.9. The number of carbonyl (C=O) groups is 2. The van der Waals surface area contributed by atoms with E-state index in [1.165, 1.54) is 25.3 Å². The second-order valence-electron chi connectivity index (χ2n) is 6.82. The average molecular weight is 417 g/mol. The molecule has 1 fully saturated rings. The Morgan fingerprint density at radius 3 is 2.41 bits per heavy atom. The molecule has 2 aromatic rings. The number of amides is 1. The lowest BCUT2D eigenvalue weighted by Gasteiger charge is -2.12. The molecule has 0 heterocycles. The van der Waals surface area contributed by atoms with Crippen LogP contribution in [-0.4, -0.2) is 39.3 Å². The molecule has 0 aromatic heterocycles. The smallest absolute Gasteiger partial charge is 0.343 e. The maximum Gasteiger partial charge on any atom is 0.343 e. The SMILES string of the molecule is COC(=O)COc1cccc(C(=O)Nc2ccc(S(=O)(=O)C3CCCC3)cc2)c1. The summed E-state index contributed by atoms with van der Waals surface area (Å²) in [6.45, 7) is -0.251. The third-order valence-corrected chi connectivity index (χ3v) is 7.14. The summed E-state index contributed by atoms with van der Waals surface area (Å²) in [6, 6.07) is 12.6. The summed E-state index contributed by atoms with van der Waals surface area (Å²) in [7, 11) is -2.06. The summed E-state index contributed by atoms with van der Waals surface area (Å²) in [5, 5.41) is 2.42. The molecule has 3 rings (SSSR count). The van der Waals surface area contributed by atoms with Crippen LogP contribution in [0.3, 0.4) is 0 Å². The lowest BCUT2D eigenvalue weighted by molar-refractivity contribution is -0.142. The molecule has 2 aromatic carbocycles. The molecule has 7 nitrogen and oxygen atoms in total. The van der Waals surface area contributed by atoms with Crippen LogP contribution < -0.4 is 10.1 Å². The van der Waals surface area contributed by atoms with Gasteiger partial charge in [0, 0.05) is 11.3 Å². The zero-order valence-electron chi connectivity index (χ0n) is 16.1. The Morgan fingerprint density at radius 2 is 1.76 bits per heavy atom. The van der Waals surface area contributed by atoms with E-state index in [1.807, 2.05) is 0 Å². The van der Waals surface area contributed by atoms with E-state index in [9.17, 15) is 18.0 Å². The van der Waals surface area contributed by atoms with E-state index in [-0.39, 0.29) is 22.7 Å². The van der Waals surface area contributed by atoms with Gasteiger partial charge >= 0.3 is 5.97 Å². The van der Waals surface area contributed by atoms with Crippen molar-refractivity contribution in [3.63, 3.8) is 0 Å². The molecule has 8 heteroatoms. The van der Waals surface area contributed by atoms with Crippen LogP contribution in [0.2, 0.25) is 0 Å². The lowest BCUT2D eigenvalue weighted by Crippen LogP contribution is -2.18. The maximum absolute atomic E-state index is 12.6. The topological polar surface area (TPSA) is 98.8 Å². The molecule has 1 aliphatic carbocycles. The number of anilines is 1. The highest BCUT2D eigenvalue weighted by Crippen LogP contribution is 2.30. The Hall–Kier alpha value is -2.87. The van der Waals surface area contributed by atoms with Gasteiger partial charge in [-0.25, -0.2) is 13.2 Å². The molecule has 1 aliphatic rings. The lowest BCUT2D eigenvalue weighted by atomic mass is 10.2. The van der Waals surface area contributed by atoms with E-state index in [4.69, 9.17) is 4.74 Å². The van der Waals surface area contributed by atoms with Crippen LogP contribution in [0.15, 0.2) is 53.4 Å². The van der Waals surface area contributed by atoms with E-state index < -0.39 is 15.8 Å². The maximum atomic E-state index is 12.6. The monoisotopic (exact) mass is 417 g/mol. The summed E-state index contributed by atoms with van der Waals surface area (Å²) < 4.78 is 35.0. The van der Waals surface area contributed by atoms with E-state index in [0.29, 0.717) is 29.8 Å². The van der Waals surface area contributed by atoms with Crippen molar-refractivity contribution in [1.82, 2.24) is 0 Å². The van der Waals surface area contributed by atoms with Gasteiger partial charge in [-0.05, 0) is 55.3 Å². The van der Waals surface area contributed by atoms with Crippen molar-refractivity contribution in [2.24, 2.45) is 0 Å². The number of hydrogen-bond donors (Lipinski definition) is 1. The Bertz CT molecular complexity index is 978. The number of hydrogen-bond acceptors (Lipinski definition) is 6. The molecule has 1 saturated carbocycles. The van der Waals surface area contributed by atoms with Gasteiger partial charge in [-0.1, -0.05) is 18.9 Å². The fraction of sp³-hybridized carbons (Fsp3) is 0.333. The van der Waals surface area contributed by atoms with Gasteiger partial charge in [-0.2, -0.15) is 0 Å². The molecule has 154 valence electrons. The van der Waals surface area contributed by atoms with Gasteiger partial charge in [0.1, 0.15) is 5.75 Å². The van der Waals surface area contributed by atoms with Crippen molar-refractivity contribution in [1.29, 1.82) is 0 Å². The van der Waals surface area contributed by atoms with Crippen molar-refractivity contribution in [3.8, 4) is 5.75 Å². The van der Waals surface area contributed by atoms with Crippen LogP contribution in [0.25, 0.3) is 0 Å². The third kappa shape index (κ3) is 5.14. The van der Waals surface area contributed by atoms with Gasteiger partial charge in [0.05, 0.1) is 17.3 Å². The van der Waals surface area contributed by atoms with Crippen LogP contribution in [0.1, 0.15) is 36.0 Å².